The molecular formula is C22H21FN6O3. The maximum absolute atomic E-state index is 13.9. The van der Waals surface area contributed by atoms with Crippen LogP contribution in [0.3, 0.4) is 0 Å². The Kier molecular flexibility index (Phi) is 5.36. The third kappa shape index (κ3) is 3.96. The monoisotopic (exact) mass is 436 g/mol. The second-order valence-corrected chi connectivity index (χ2v) is 7.94. The van der Waals surface area contributed by atoms with Gasteiger partial charge in [0.05, 0.1) is 17.8 Å². The van der Waals surface area contributed by atoms with Crippen LogP contribution in [0.15, 0.2) is 53.2 Å². The molecule has 10 heteroatoms. The topological polar surface area (TPSA) is 113 Å². The van der Waals surface area contributed by atoms with Crippen molar-refractivity contribution >= 4 is 11.8 Å². The predicted octanol–water partition coefficient (Wildman–Crippen LogP) is 1.18. The average molecular weight is 436 g/mol. The van der Waals surface area contributed by atoms with Crippen LogP contribution in [0, 0.1) is 5.82 Å². The molecule has 0 aliphatic carbocycles. The van der Waals surface area contributed by atoms with E-state index in [2.05, 4.69) is 30.7 Å². The summed E-state index contributed by atoms with van der Waals surface area (Å²) < 4.78 is 19.7. The molecule has 32 heavy (non-hydrogen) atoms. The molecule has 2 aliphatic heterocycles. The van der Waals surface area contributed by atoms with Crippen molar-refractivity contribution in [2.45, 2.75) is 31.0 Å². The highest BCUT2D eigenvalue weighted by Gasteiger charge is 2.44. The highest BCUT2D eigenvalue weighted by molar-refractivity contribution is 5.94. The van der Waals surface area contributed by atoms with Gasteiger partial charge in [-0.2, -0.15) is 0 Å². The van der Waals surface area contributed by atoms with Gasteiger partial charge < -0.3 is 15.1 Å². The minimum Gasteiger partial charge on any atom is -0.421 e. The van der Waals surface area contributed by atoms with E-state index in [0.717, 1.165) is 11.8 Å². The molecular weight excluding hydrogens is 415 g/mol. The van der Waals surface area contributed by atoms with Gasteiger partial charge >= 0.3 is 0 Å². The van der Waals surface area contributed by atoms with E-state index >= 15 is 0 Å². The molecule has 2 aliphatic rings. The lowest BCUT2D eigenvalue weighted by atomic mass is 10.1. The Hall–Kier alpha value is -3.66. The second-order valence-electron chi connectivity index (χ2n) is 7.94. The number of nitrogens with one attached hydrogen (secondary N) is 2. The molecule has 2 N–H and O–H groups in total. The molecule has 0 bridgehead atoms. The van der Waals surface area contributed by atoms with Gasteiger partial charge in [0.25, 0.3) is 5.91 Å². The smallest absolute Gasteiger partial charge is 0.254 e. The summed E-state index contributed by atoms with van der Waals surface area (Å²) in [6, 6.07) is 10.1. The van der Waals surface area contributed by atoms with E-state index in [-0.39, 0.29) is 29.6 Å². The van der Waals surface area contributed by atoms with E-state index in [9.17, 15) is 14.0 Å². The normalized spacial score (nSPS) is 22.9. The standard InChI is InChI=1S/C22H21FN6O3/c23-17-11-24-7-6-16(17)20(30)26-14-8-18-21(31)25-10-15(29(18)12-14)9-19-27-28-22(32-19)13-4-2-1-3-5-13/h1-7,11,14-15,18H,8-10,12H2,(H,25,31)(H,26,30)/t14-,15+,18-/m0/s1. The van der Waals surface area contributed by atoms with E-state index in [1.807, 2.05) is 30.3 Å². The van der Waals surface area contributed by atoms with Crippen LogP contribution in [0.1, 0.15) is 22.7 Å². The Morgan fingerprint density at radius 2 is 2.09 bits per heavy atom. The van der Waals surface area contributed by atoms with E-state index in [0.29, 0.717) is 37.7 Å². The lowest BCUT2D eigenvalue weighted by molar-refractivity contribution is -0.129. The SMILES string of the molecule is O=C(N[C@H]1C[C@H]2C(=O)NC[C@@H](Cc3nnc(-c4ccccc4)o3)N2C1)c1ccncc1F. The van der Waals surface area contributed by atoms with Gasteiger partial charge in [0.1, 0.15) is 0 Å². The Morgan fingerprint density at radius 1 is 1.25 bits per heavy atom. The number of hydrogen-bond acceptors (Lipinski definition) is 7. The molecule has 5 rings (SSSR count). The van der Waals surface area contributed by atoms with Gasteiger partial charge in [-0.15, -0.1) is 10.2 Å². The first-order chi connectivity index (χ1) is 15.6. The molecule has 0 saturated carbocycles. The van der Waals surface area contributed by atoms with Crippen molar-refractivity contribution in [1.29, 1.82) is 0 Å². The minimum atomic E-state index is -0.679. The molecule has 2 saturated heterocycles. The zero-order valence-electron chi connectivity index (χ0n) is 17.1. The van der Waals surface area contributed by atoms with Crippen LogP contribution in [0.4, 0.5) is 4.39 Å². The summed E-state index contributed by atoms with van der Waals surface area (Å²) in [7, 11) is 0. The number of nitrogens with zero attached hydrogens (tertiary/aromatic N) is 4. The Morgan fingerprint density at radius 3 is 2.91 bits per heavy atom. The van der Waals surface area contributed by atoms with Crippen molar-refractivity contribution in [2.24, 2.45) is 0 Å². The summed E-state index contributed by atoms with van der Waals surface area (Å²) in [5, 5.41) is 14.1. The van der Waals surface area contributed by atoms with Gasteiger partial charge in [0.2, 0.25) is 17.7 Å². The highest BCUT2D eigenvalue weighted by atomic mass is 19.1. The fraction of sp³-hybridized carbons (Fsp3) is 0.318. The second kappa shape index (κ2) is 8.46. The number of fused-ring (bicyclic) bond motifs is 1. The summed E-state index contributed by atoms with van der Waals surface area (Å²) in [5.41, 5.74) is 0.776. The zero-order valence-corrected chi connectivity index (χ0v) is 17.1. The third-order valence-electron chi connectivity index (χ3n) is 5.87. The molecule has 2 amide bonds. The van der Waals surface area contributed by atoms with Crippen molar-refractivity contribution in [3.8, 4) is 11.5 Å². The number of carbonyl (C=O) groups is 2. The van der Waals surface area contributed by atoms with Gasteiger partial charge in [0, 0.05) is 43.4 Å². The van der Waals surface area contributed by atoms with E-state index in [1.165, 1.54) is 12.3 Å². The first-order valence-electron chi connectivity index (χ1n) is 10.4. The summed E-state index contributed by atoms with van der Waals surface area (Å²) in [4.78, 5) is 30.6. The molecule has 0 unspecified atom stereocenters. The molecule has 0 spiro atoms. The lowest BCUT2D eigenvalue weighted by Crippen LogP contribution is -2.58. The van der Waals surface area contributed by atoms with Crippen LogP contribution < -0.4 is 10.6 Å². The van der Waals surface area contributed by atoms with Crippen LogP contribution in [0.5, 0.6) is 0 Å². The molecule has 2 fully saturated rings. The van der Waals surface area contributed by atoms with Gasteiger partial charge in [-0.1, -0.05) is 18.2 Å². The fourth-order valence-corrected chi connectivity index (χ4v) is 4.33. The summed E-state index contributed by atoms with van der Waals surface area (Å²) in [6.07, 6.45) is 3.29. The quantitative estimate of drug-likeness (QED) is 0.618. The maximum Gasteiger partial charge on any atom is 0.254 e. The number of carbonyl (C=O) groups excluding carboxylic acids is 2. The van der Waals surface area contributed by atoms with Crippen LogP contribution in [0.25, 0.3) is 11.5 Å². The largest absolute Gasteiger partial charge is 0.421 e. The molecule has 164 valence electrons. The first-order valence-corrected chi connectivity index (χ1v) is 10.4. The number of pyridine rings is 1. The van der Waals surface area contributed by atoms with Crippen molar-refractivity contribution in [1.82, 2.24) is 30.7 Å². The predicted molar refractivity (Wildman–Crippen MR) is 111 cm³/mol. The van der Waals surface area contributed by atoms with Crippen molar-refractivity contribution in [2.75, 3.05) is 13.1 Å². The molecule has 1 aromatic carbocycles. The van der Waals surface area contributed by atoms with Crippen LogP contribution >= 0.6 is 0 Å². The molecule has 3 atom stereocenters. The fourth-order valence-electron chi connectivity index (χ4n) is 4.33. The van der Waals surface area contributed by atoms with Gasteiger partial charge in [-0.3, -0.25) is 19.5 Å². The van der Waals surface area contributed by atoms with Gasteiger partial charge in [-0.25, -0.2) is 4.39 Å². The lowest BCUT2D eigenvalue weighted by Gasteiger charge is -2.36. The first kappa shape index (κ1) is 20.3. The summed E-state index contributed by atoms with van der Waals surface area (Å²) >= 11 is 0. The van der Waals surface area contributed by atoms with E-state index in [1.54, 1.807) is 0 Å². The highest BCUT2D eigenvalue weighted by Crippen LogP contribution is 2.26. The number of hydrogen-bond donors (Lipinski definition) is 2. The zero-order chi connectivity index (χ0) is 22.1. The minimum absolute atomic E-state index is 0.0543. The molecule has 9 nitrogen and oxygen atoms in total. The van der Waals surface area contributed by atoms with Crippen molar-refractivity contribution in [3.05, 3.63) is 66.1 Å². The Bertz CT molecular complexity index is 1140. The Labute approximate surface area is 183 Å². The molecule has 4 heterocycles. The van der Waals surface area contributed by atoms with Gasteiger partial charge in [0.15, 0.2) is 5.82 Å². The Balaban J connectivity index is 1.27. The molecule has 0 radical (unpaired) electrons. The number of piperazine rings is 1. The maximum atomic E-state index is 13.9. The van der Waals surface area contributed by atoms with E-state index in [4.69, 9.17) is 4.42 Å². The van der Waals surface area contributed by atoms with Crippen molar-refractivity contribution in [3.63, 3.8) is 0 Å². The van der Waals surface area contributed by atoms with Gasteiger partial charge in [-0.05, 0) is 24.6 Å². The van der Waals surface area contributed by atoms with E-state index < -0.39 is 11.7 Å². The van der Waals surface area contributed by atoms with Crippen LogP contribution in [-0.2, 0) is 11.2 Å². The number of amides is 2. The molecule has 2 aromatic heterocycles. The van der Waals surface area contributed by atoms with Crippen molar-refractivity contribution < 1.29 is 18.4 Å². The third-order valence-corrected chi connectivity index (χ3v) is 5.87. The molecule has 3 aromatic rings. The number of benzene rings is 1. The average Bonchev–Trinajstić information content (AvgIpc) is 3.44. The number of aromatic nitrogens is 3. The summed E-state index contributed by atoms with van der Waals surface area (Å²) in [5.74, 6) is -0.348. The van der Waals surface area contributed by atoms with Crippen LogP contribution in [0.2, 0.25) is 0 Å². The number of halogens is 1. The van der Waals surface area contributed by atoms with Crippen LogP contribution in [-0.4, -0.2) is 63.1 Å². The summed E-state index contributed by atoms with van der Waals surface area (Å²) in [6.45, 7) is 0.916. The number of rotatable bonds is 5.